The van der Waals surface area contributed by atoms with Crippen LogP contribution in [0.5, 0.6) is 0 Å². The van der Waals surface area contributed by atoms with E-state index in [-0.39, 0.29) is 5.92 Å². The zero-order valence-electron chi connectivity index (χ0n) is 12.3. The fraction of sp³-hybridized carbons (Fsp3) is 0.278. The zero-order valence-corrected chi connectivity index (χ0v) is 12.3. The second-order valence-electron chi connectivity index (χ2n) is 4.87. The minimum absolute atomic E-state index is 0.151. The standard InChI is InChI=1S/C18H20N2O/c1-21-12-11-16-9-5-6-10-18(16)20-14-17(13-19)15-7-3-2-4-8-15/h2-10,17,20H,11-12,14H2,1H3. The van der Waals surface area contributed by atoms with E-state index >= 15 is 0 Å². The smallest absolute Gasteiger partial charge is 0.0885 e. The van der Waals surface area contributed by atoms with Gasteiger partial charge in [-0.25, -0.2) is 0 Å². The highest BCUT2D eigenvalue weighted by molar-refractivity contribution is 5.51. The lowest BCUT2D eigenvalue weighted by Gasteiger charge is -2.15. The lowest BCUT2D eigenvalue weighted by Crippen LogP contribution is -2.12. The Morgan fingerprint density at radius 2 is 1.81 bits per heavy atom. The van der Waals surface area contributed by atoms with Crippen LogP contribution in [0.3, 0.4) is 0 Å². The summed E-state index contributed by atoms with van der Waals surface area (Å²) in [5.41, 5.74) is 3.33. The second kappa shape index (κ2) is 8.08. The summed E-state index contributed by atoms with van der Waals surface area (Å²) in [5.74, 6) is -0.151. The van der Waals surface area contributed by atoms with Crippen LogP contribution < -0.4 is 5.32 Å². The number of hydrogen-bond donors (Lipinski definition) is 1. The summed E-state index contributed by atoms with van der Waals surface area (Å²) >= 11 is 0. The maximum absolute atomic E-state index is 9.36. The van der Waals surface area contributed by atoms with Crippen LogP contribution in [-0.4, -0.2) is 20.3 Å². The molecule has 0 saturated heterocycles. The Morgan fingerprint density at radius 1 is 1.10 bits per heavy atom. The highest BCUT2D eigenvalue weighted by Crippen LogP contribution is 2.19. The molecule has 0 fully saturated rings. The van der Waals surface area contributed by atoms with E-state index in [1.165, 1.54) is 5.56 Å². The lowest BCUT2D eigenvalue weighted by molar-refractivity contribution is 0.202. The fourth-order valence-corrected chi connectivity index (χ4v) is 2.26. The van der Waals surface area contributed by atoms with Crippen molar-refractivity contribution < 1.29 is 4.74 Å². The number of nitriles is 1. The molecule has 2 aromatic rings. The molecule has 2 aromatic carbocycles. The Bertz CT molecular complexity index is 590. The van der Waals surface area contributed by atoms with E-state index in [1.54, 1.807) is 7.11 Å². The Balaban J connectivity index is 2.03. The van der Waals surface area contributed by atoms with E-state index in [0.717, 1.165) is 17.7 Å². The van der Waals surface area contributed by atoms with Gasteiger partial charge in [-0.2, -0.15) is 5.26 Å². The van der Waals surface area contributed by atoms with Crippen LogP contribution >= 0.6 is 0 Å². The molecular formula is C18H20N2O. The second-order valence-corrected chi connectivity index (χ2v) is 4.87. The first-order chi connectivity index (χ1) is 10.3. The first-order valence-electron chi connectivity index (χ1n) is 7.10. The third-order valence-corrected chi connectivity index (χ3v) is 3.45. The van der Waals surface area contributed by atoms with Crippen molar-refractivity contribution in [3.63, 3.8) is 0 Å². The molecule has 0 amide bonds. The van der Waals surface area contributed by atoms with E-state index in [4.69, 9.17) is 4.74 Å². The summed E-state index contributed by atoms with van der Waals surface area (Å²) in [6.45, 7) is 1.30. The lowest BCUT2D eigenvalue weighted by atomic mass is 10.0. The van der Waals surface area contributed by atoms with Gasteiger partial charge in [0.05, 0.1) is 18.6 Å². The number of nitrogens with zero attached hydrogens (tertiary/aromatic N) is 1. The van der Waals surface area contributed by atoms with Crippen molar-refractivity contribution >= 4 is 5.69 Å². The van der Waals surface area contributed by atoms with Gasteiger partial charge in [-0.05, 0) is 23.6 Å². The Hall–Kier alpha value is -2.31. The summed E-state index contributed by atoms with van der Waals surface area (Å²) in [7, 11) is 1.71. The van der Waals surface area contributed by atoms with Crippen molar-refractivity contribution in [2.45, 2.75) is 12.3 Å². The highest BCUT2D eigenvalue weighted by Gasteiger charge is 2.10. The molecule has 0 saturated carbocycles. The van der Waals surface area contributed by atoms with Crippen LogP contribution in [0.15, 0.2) is 54.6 Å². The molecule has 0 aromatic heterocycles. The quantitative estimate of drug-likeness (QED) is 0.843. The monoisotopic (exact) mass is 280 g/mol. The number of para-hydroxylation sites is 1. The van der Waals surface area contributed by atoms with Crippen LogP contribution in [0.1, 0.15) is 17.0 Å². The van der Waals surface area contributed by atoms with Gasteiger partial charge in [-0.1, -0.05) is 48.5 Å². The third kappa shape index (κ3) is 4.34. The number of anilines is 1. The first kappa shape index (κ1) is 15.1. The Morgan fingerprint density at radius 3 is 2.52 bits per heavy atom. The SMILES string of the molecule is COCCc1ccccc1NCC(C#N)c1ccccc1. The Kier molecular flexibility index (Phi) is 5.81. The molecule has 0 bridgehead atoms. The van der Waals surface area contributed by atoms with Crippen LogP contribution in [0.25, 0.3) is 0 Å². The molecule has 108 valence electrons. The van der Waals surface area contributed by atoms with Gasteiger partial charge < -0.3 is 10.1 Å². The predicted molar refractivity (Wildman–Crippen MR) is 85.3 cm³/mol. The molecular weight excluding hydrogens is 260 g/mol. The molecule has 1 atom stereocenters. The topological polar surface area (TPSA) is 45.0 Å². The van der Waals surface area contributed by atoms with E-state index in [2.05, 4.69) is 17.5 Å². The van der Waals surface area contributed by atoms with Gasteiger partial charge in [-0.15, -0.1) is 0 Å². The summed E-state index contributed by atoms with van der Waals surface area (Å²) < 4.78 is 5.14. The fourth-order valence-electron chi connectivity index (χ4n) is 2.26. The molecule has 0 radical (unpaired) electrons. The average Bonchev–Trinajstić information content (AvgIpc) is 2.55. The van der Waals surface area contributed by atoms with Crippen molar-refractivity contribution in [3.05, 3.63) is 65.7 Å². The van der Waals surface area contributed by atoms with Crippen molar-refractivity contribution in [1.29, 1.82) is 5.26 Å². The molecule has 0 aliphatic rings. The van der Waals surface area contributed by atoms with E-state index in [9.17, 15) is 5.26 Å². The van der Waals surface area contributed by atoms with Crippen LogP contribution in [0, 0.1) is 11.3 Å². The molecule has 0 aliphatic heterocycles. The van der Waals surface area contributed by atoms with Gasteiger partial charge in [0, 0.05) is 19.3 Å². The van der Waals surface area contributed by atoms with Gasteiger partial charge in [0.15, 0.2) is 0 Å². The minimum atomic E-state index is -0.151. The molecule has 0 heterocycles. The highest BCUT2D eigenvalue weighted by atomic mass is 16.5. The van der Waals surface area contributed by atoms with E-state index in [1.807, 2.05) is 48.5 Å². The Labute approximate surface area is 126 Å². The maximum Gasteiger partial charge on any atom is 0.0885 e. The van der Waals surface area contributed by atoms with Crippen LogP contribution in [0.2, 0.25) is 0 Å². The molecule has 1 unspecified atom stereocenters. The zero-order chi connectivity index (χ0) is 14.9. The third-order valence-electron chi connectivity index (χ3n) is 3.45. The predicted octanol–water partition coefficient (Wildman–Crippen LogP) is 3.59. The van der Waals surface area contributed by atoms with Gasteiger partial charge in [0.25, 0.3) is 0 Å². The van der Waals surface area contributed by atoms with E-state index < -0.39 is 0 Å². The number of rotatable bonds is 7. The molecule has 3 nitrogen and oxygen atoms in total. The van der Waals surface area contributed by atoms with Gasteiger partial charge >= 0.3 is 0 Å². The van der Waals surface area contributed by atoms with Crippen molar-refractivity contribution in [3.8, 4) is 6.07 Å². The van der Waals surface area contributed by atoms with Crippen molar-refractivity contribution in [2.75, 3.05) is 25.6 Å². The number of hydrogen-bond acceptors (Lipinski definition) is 3. The summed E-state index contributed by atoms with van der Waals surface area (Å²) in [6.07, 6.45) is 0.863. The molecule has 2 rings (SSSR count). The summed E-state index contributed by atoms with van der Waals surface area (Å²) in [4.78, 5) is 0. The van der Waals surface area contributed by atoms with Crippen molar-refractivity contribution in [1.82, 2.24) is 0 Å². The molecule has 3 heteroatoms. The maximum atomic E-state index is 9.36. The average molecular weight is 280 g/mol. The molecule has 21 heavy (non-hydrogen) atoms. The van der Waals surface area contributed by atoms with Crippen molar-refractivity contribution in [2.24, 2.45) is 0 Å². The number of methoxy groups -OCH3 is 1. The molecule has 1 N–H and O–H groups in total. The summed E-state index contributed by atoms with van der Waals surface area (Å²) in [5, 5.41) is 12.8. The molecule has 0 spiro atoms. The molecule has 0 aliphatic carbocycles. The van der Waals surface area contributed by atoms with Gasteiger partial charge in [0.1, 0.15) is 0 Å². The van der Waals surface area contributed by atoms with Gasteiger partial charge in [0.2, 0.25) is 0 Å². The largest absolute Gasteiger partial charge is 0.384 e. The number of ether oxygens (including phenoxy) is 1. The normalized spacial score (nSPS) is 11.6. The van der Waals surface area contributed by atoms with Gasteiger partial charge in [-0.3, -0.25) is 0 Å². The number of benzene rings is 2. The van der Waals surface area contributed by atoms with Crippen LogP contribution in [0.4, 0.5) is 5.69 Å². The first-order valence-corrected chi connectivity index (χ1v) is 7.10. The summed E-state index contributed by atoms with van der Waals surface area (Å²) in [6, 6.07) is 20.4. The van der Waals surface area contributed by atoms with E-state index in [0.29, 0.717) is 13.2 Å². The number of nitrogens with one attached hydrogen (secondary N) is 1. The van der Waals surface area contributed by atoms with Crippen LogP contribution in [-0.2, 0) is 11.2 Å². The minimum Gasteiger partial charge on any atom is -0.384 e.